The Hall–Kier alpha value is -0.680. The van der Waals surface area contributed by atoms with E-state index < -0.39 is 5.41 Å². The van der Waals surface area contributed by atoms with Gasteiger partial charge in [0.1, 0.15) is 0 Å². The van der Waals surface area contributed by atoms with Crippen LogP contribution in [0.15, 0.2) is 0 Å². The summed E-state index contributed by atoms with van der Waals surface area (Å²) in [6.07, 6.45) is 3.90. The Kier molecular flexibility index (Phi) is 4.46. The largest absolute Gasteiger partial charge is 0.392 e. The van der Waals surface area contributed by atoms with Gasteiger partial charge in [-0.2, -0.15) is 0 Å². The number of carbonyl (C=O) groups is 1. The molecule has 1 amide bonds. The maximum atomic E-state index is 12.6. The zero-order valence-electron chi connectivity index (χ0n) is 12.0. The summed E-state index contributed by atoms with van der Waals surface area (Å²) in [6.45, 7) is 8.02. The van der Waals surface area contributed by atoms with Crippen LogP contribution in [-0.4, -0.2) is 52.9 Å². The molecule has 1 atom stereocenters. The Labute approximate surface area is 121 Å². The Morgan fingerprint density at radius 3 is 2.26 bits per heavy atom. The molecule has 1 saturated carbocycles. The van der Waals surface area contributed by atoms with Gasteiger partial charge in [-0.25, -0.2) is 0 Å². The first-order valence-corrected chi connectivity index (χ1v) is 7.75. The Bertz CT molecular complexity index is 360. The van der Waals surface area contributed by atoms with Gasteiger partial charge < -0.3 is 10.6 Å². The first-order valence-electron chi connectivity index (χ1n) is 7.34. The number of piperazine rings is 1. The molecule has 0 spiro atoms. The summed E-state index contributed by atoms with van der Waals surface area (Å²) >= 11 is 5.13. The van der Waals surface area contributed by atoms with E-state index in [-0.39, 0.29) is 5.91 Å². The Balaban J connectivity index is 1.94. The van der Waals surface area contributed by atoms with Gasteiger partial charge in [-0.05, 0) is 26.2 Å². The minimum Gasteiger partial charge on any atom is -0.392 e. The van der Waals surface area contributed by atoms with E-state index in [1.54, 1.807) is 0 Å². The zero-order valence-corrected chi connectivity index (χ0v) is 12.8. The van der Waals surface area contributed by atoms with Crippen molar-refractivity contribution in [3.63, 3.8) is 0 Å². The molecule has 0 aromatic rings. The van der Waals surface area contributed by atoms with Gasteiger partial charge in [0.15, 0.2) is 0 Å². The fourth-order valence-corrected chi connectivity index (χ4v) is 3.31. The first kappa shape index (κ1) is 14.7. The van der Waals surface area contributed by atoms with Crippen molar-refractivity contribution in [2.45, 2.75) is 45.6 Å². The second-order valence-corrected chi connectivity index (χ2v) is 6.33. The van der Waals surface area contributed by atoms with Crippen LogP contribution < -0.4 is 5.73 Å². The molecular formula is C14H25N3OS. The number of carbonyl (C=O) groups excluding carboxylic acids is 1. The van der Waals surface area contributed by atoms with Crippen LogP contribution >= 0.6 is 12.2 Å². The van der Waals surface area contributed by atoms with Gasteiger partial charge in [0.05, 0.1) is 10.4 Å². The monoisotopic (exact) mass is 283 g/mol. The number of hydrogen-bond donors (Lipinski definition) is 1. The SMILES string of the molecule is CCC(C)N1CCN(C(=O)C2(C(N)=S)CCC2)CC1. The van der Waals surface area contributed by atoms with Gasteiger partial charge in [-0.1, -0.05) is 25.6 Å². The summed E-state index contributed by atoms with van der Waals surface area (Å²) in [4.78, 5) is 17.5. The molecule has 1 saturated heterocycles. The second-order valence-electron chi connectivity index (χ2n) is 5.89. The van der Waals surface area contributed by atoms with Crippen molar-refractivity contribution in [2.24, 2.45) is 11.1 Å². The van der Waals surface area contributed by atoms with E-state index in [2.05, 4.69) is 18.7 Å². The second kappa shape index (κ2) is 5.75. The fourth-order valence-electron chi connectivity index (χ4n) is 3.02. The maximum absolute atomic E-state index is 12.6. The summed E-state index contributed by atoms with van der Waals surface area (Å²) in [6, 6.07) is 0.602. The topological polar surface area (TPSA) is 49.6 Å². The fraction of sp³-hybridized carbons (Fsp3) is 0.857. The van der Waals surface area contributed by atoms with Crippen molar-refractivity contribution in [1.82, 2.24) is 9.80 Å². The number of amides is 1. The molecule has 1 unspecified atom stereocenters. The molecule has 2 fully saturated rings. The van der Waals surface area contributed by atoms with Crippen LogP contribution in [0.4, 0.5) is 0 Å². The lowest BCUT2D eigenvalue weighted by atomic mass is 9.67. The first-order chi connectivity index (χ1) is 9.01. The number of nitrogens with zero attached hydrogens (tertiary/aromatic N) is 2. The van der Waals surface area contributed by atoms with Crippen molar-refractivity contribution in [2.75, 3.05) is 26.2 Å². The molecule has 0 aromatic heterocycles. The molecule has 0 radical (unpaired) electrons. The third-order valence-electron chi connectivity index (χ3n) is 4.90. The van der Waals surface area contributed by atoms with E-state index in [1.165, 1.54) is 0 Å². The highest BCUT2D eigenvalue weighted by Gasteiger charge is 2.49. The van der Waals surface area contributed by atoms with Gasteiger partial charge in [0.2, 0.25) is 5.91 Å². The van der Waals surface area contributed by atoms with Crippen molar-refractivity contribution in [3.05, 3.63) is 0 Å². The summed E-state index contributed by atoms with van der Waals surface area (Å²) in [7, 11) is 0. The van der Waals surface area contributed by atoms with Gasteiger partial charge in [-0.3, -0.25) is 9.69 Å². The molecule has 2 aliphatic rings. The van der Waals surface area contributed by atoms with Crippen LogP contribution in [0.1, 0.15) is 39.5 Å². The standard InChI is InChI=1S/C14H25N3OS/c1-3-11(2)16-7-9-17(10-8-16)13(18)14(12(15)19)5-4-6-14/h11H,3-10H2,1-2H3,(H2,15,19). The van der Waals surface area contributed by atoms with Crippen molar-refractivity contribution in [1.29, 1.82) is 0 Å². The summed E-state index contributed by atoms with van der Waals surface area (Å²) < 4.78 is 0. The molecule has 2 rings (SSSR count). The average Bonchev–Trinajstić information content (AvgIpc) is 2.36. The molecule has 0 aromatic carbocycles. The number of rotatable bonds is 4. The normalized spacial score (nSPS) is 24.6. The van der Waals surface area contributed by atoms with E-state index in [0.29, 0.717) is 11.0 Å². The van der Waals surface area contributed by atoms with Crippen LogP contribution in [0.5, 0.6) is 0 Å². The van der Waals surface area contributed by atoms with Gasteiger partial charge in [0.25, 0.3) is 0 Å². The lowest BCUT2D eigenvalue weighted by Gasteiger charge is -2.45. The predicted octanol–water partition coefficient (Wildman–Crippen LogP) is 1.39. The minimum absolute atomic E-state index is 0.176. The van der Waals surface area contributed by atoms with Gasteiger partial charge in [-0.15, -0.1) is 0 Å². The molecule has 1 aliphatic heterocycles. The smallest absolute Gasteiger partial charge is 0.235 e. The van der Waals surface area contributed by atoms with E-state index >= 15 is 0 Å². The quantitative estimate of drug-likeness (QED) is 0.792. The summed E-state index contributed by atoms with van der Waals surface area (Å²) in [5.74, 6) is 0.176. The molecule has 5 heteroatoms. The molecular weight excluding hydrogens is 258 g/mol. The van der Waals surface area contributed by atoms with E-state index in [4.69, 9.17) is 18.0 Å². The molecule has 4 nitrogen and oxygen atoms in total. The summed E-state index contributed by atoms with van der Waals surface area (Å²) in [5, 5.41) is 0. The van der Waals surface area contributed by atoms with E-state index in [0.717, 1.165) is 51.9 Å². The molecule has 0 bridgehead atoms. The number of hydrogen-bond acceptors (Lipinski definition) is 3. The Morgan fingerprint density at radius 1 is 1.32 bits per heavy atom. The molecule has 1 aliphatic carbocycles. The predicted molar refractivity (Wildman–Crippen MR) is 81.0 cm³/mol. The van der Waals surface area contributed by atoms with Crippen molar-refractivity contribution in [3.8, 4) is 0 Å². The van der Waals surface area contributed by atoms with Gasteiger partial charge >= 0.3 is 0 Å². The number of nitrogens with two attached hydrogens (primary N) is 1. The average molecular weight is 283 g/mol. The minimum atomic E-state index is -0.506. The third-order valence-corrected chi connectivity index (χ3v) is 5.29. The highest BCUT2D eigenvalue weighted by Crippen LogP contribution is 2.43. The molecule has 2 N–H and O–H groups in total. The highest BCUT2D eigenvalue weighted by molar-refractivity contribution is 7.80. The van der Waals surface area contributed by atoms with E-state index in [9.17, 15) is 4.79 Å². The molecule has 1 heterocycles. The van der Waals surface area contributed by atoms with Crippen LogP contribution in [0, 0.1) is 5.41 Å². The summed E-state index contributed by atoms with van der Waals surface area (Å²) in [5.41, 5.74) is 5.30. The third kappa shape index (κ3) is 2.63. The van der Waals surface area contributed by atoms with Gasteiger partial charge in [0, 0.05) is 32.2 Å². The van der Waals surface area contributed by atoms with Crippen LogP contribution in [0.25, 0.3) is 0 Å². The van der Waals surface area contributed by atoms with Crippen LogP contribution in [0.2, 0.25) is 0 Å². The number of thiocarbonyl (C=S) groups is 1. The highest BCUT2D eigenvalue weighted by atomic mass is 32.1. The van der Waals surface area contributed by atoms with Crippen LogP contribution in [-0.2, 0) is 4.79 Å². The molecule has 19 heavy (non-hydrogen) atoms. The van der Waals surface area contributed by atoms with Crippen molar-refractivity contribution < 1.29 is 4.79 Å². The lowest BCUT2D eigenvalue weighted by Crippen LogP contribution is -2.59. The van der Waals surface area contributed by atoms with E-state index in [1.807, 2.05) is 4.90 Å². The lowest BCUT2D eigenvalue weighted by molar-refractivity contribution is -0.144. The van der Waals surface area contributed by atoms with Crippen molar-refractivity contribution >= 4 is 23.1 Å². The molecule has 108 valence electrons. The van der Waals surface area contributed by atoms with Crippen LogP contribution in [0.3, 0.4) is 0 Å². The maximum Gasteiger partial charge on any atom is 0.235 e. The zero-order chi connectivity index (χ0) is 14.0. The Morgan fingerprint density at radius 2 is 1.89 bits per heavy atom.